The molecule has 1 aromatic rings. The van der Waals surface area contributed by atoms with Crippen molar-refractivity contribution in [3.63, 3.8) is 0 Å². The minimum atomic E-state index is -2.93. The van der Waals surface area contributed by atoms with E-state index in [1.165, 1.54) is 0 Å². The Morgan fingerprint density at radius 1 is 1.69 bits per heavy atom. The van der Waals surface area contributed by atoms with Crippen molar-refractivity contribution in [2.75, 3.05) is 0 Å². The average Bonchev–Trinajstić information content (AvgIpc) is 2.17. The maximum absolute atomic E-state index is 12.7. The van der Waals surface area contributed by atoms with E-state index in [-0.39, 0.29) is 10.2 Å². The Hall–Kier alpha value is -1.62. The number of hydrogen-bond donors (Lipinski definition) is 0. The fourth-order valence-electron chi connectivity index (χ4n) is 1.17. The van der Waals surface area contributed by atoms with Crippen molar-refractivity contribution in [3.8, 4) is 6.07 Å². The Balaban J connectivity index is 3.50. The van der Waals surface area contributed by atoms with Gasteiger partial charge in [-0.05, 0) is 15.9 Å². The Morgan fingerprint density at radius 3 is 2.75 bits per heavy atom. The van der Waals surface area contributed by atoms with Crippen LogP contribution in [0.4, 0.5) is 14.5 Å². The molecule has 0 aliphatic rings. The molecule has 0 amide bonds. The minimum Gasteiger partial charge on any atom is -0.258 e. The summed E-state index contributed by atoms with van der Waals surface area (Å²) in [6, 6.07) is 1.62. The van der Waals surface area contributed by atoms with E-state index < -0.39 is 29.0 Å². The van der Waals surface area contributed by atoms with Gasteiger partial charge in [0, 0.05) is 0 Å². The number of halogens is 3. The highest BCUT2D eigenvalue weighted by Crippen LogP contribution is 2.34. The van der Waals surface area contributed by atoms with Crippen LogP contribution < -0.4 is 0 Å². The number of nitriles is 1. The van der Waals surface area contributed by atoms with Crippen LogP contribution in [0.2, 0.25) is 0 Å². The molecule has 0 aromatic carbocycles. The molecule has 0 aliphatic carbocycles. The Labute approximate surface area is 97.0 Å². The molecular formula is C8H4BrF2N3O2. The van der Waals surface area contributed by atoms with Crippen LogP contribution in [0, 0.1) is 21.4 Å². The highest BCUT2D eigenvalue weighted by atomic mass is 79.9. The molecule has 0 radical (unpaired) electrons. The zero-order chi connectivity index (χ0) is 12.3. The Kier molecular flexibility index (Phi) is 3.84. The second-order valence-electron chi connectivity index (χ2n) is 2.72. The predicted octanol–water partition coefficient (Wildman–Crippen LogP) is 2.76. The van der Waals surface area contributed by atoms with E-state index >= 15 is 0 Å². The molecule has 0 N–H and O–H groups in total. The van der Waals surface area contributed by atoms with Crippen LogP contribution in [0.1, 0.15) is 17.6 Å². The zero-order valence-electron chi connectivity index (χ0n) is 7.65. The van der Waals surface area contributed by atoms with Crippen molar-refractivity contribution < 1.29 is 13.7 Å². The van der Waals surface area contributed by atoms with Gasteiger partial charge in [-0.2, -0.15) is 5.26 Å². The molecule has 1 rings (SSSR count). The summed E-state index contributed by atoms with van der Waals surface area (Å²) < 4.78 is 25.1. The molecule has 1 aromatic heterocycles. The number of hydrogen-bond acceptors (Lipinski definition) is 4. The second-order valence-corrected chi connectivity index (χ2v) is 3.47. The first kappa shape index (κ1) is 12.4. The Bertz CT molecular complexity index is 473. The fourth-order valence-corrected chi connectivity index (χ4v) is 1.69. The monoisotopic (exact) mass is 291 g/mol. The van der Waals surface area contributed by atoms with Crippen LogP contribution in [-0.4, -0.2) is 9.91 Å². The number of nitro groups is 1. The number of alkyl halides is 2. The van der Waals surface area contributed by atoms with E-state index in [1.54, 1.807) is 6.07 Å². The van der Waals surface area contributed by atoms with Gasteiger partial charge in [-0.15, -0.1) is 0 Å². The van der Waals surface area contributed by atoms with Crippen molar-refractivity contribution >= 4 is 21.6 Å². The van der Waals surface area contributed by atoms with Gasteiger partial charge in [-0.25, -0.2) is 13.8 Å². The molecule has 0 atom stereocenters. The van der Waals surface area contributed by atoms with Gasteiger partial charge in [0.15, 0.2) is 0 Å². The topological polar surface area (TPSA) is 79.8 Å². The molecule has 8 heteroatoms. The van der Waals surface area contributed by atoms with Gasteiger partial charge in [0.1, 0.15) is 10.8 Å². The lowest BCUT2D eigenvalue weighted by atomic mass is 10.1. The lowest BCUT2D eigenvalue weighted by Crippen LogP contribution is -2.03. The molecule has 84 valence electrons. The van der Waals surface area contributed by atoms with E-state index in [1.807, 2.05) is 0 Å². The summed E-state index contributed by atoms with van der Waals surface area (Å²) in [6.45, 7) is 0. The zero-order valence-corrected chi connectivity index (χ0v) is 9.24. The molecular weight excluding hydrogens is 288 g/mol. The molecule has 1 heterocycles. The summed E-state index contributed by atoms with van der Waals surface area (Å²) in [5, 5.41) is 19.0. The number of nitrogens with zero attached hydrogens (tertiary/aromatic N) is 3. The van der Waals surface area contributed by atoms with Crippen molar-refractivity contribution in [3.05, 3.63) is 32.0 Å². The fraction of sp³-hybridized carbons (Fsp3) is 0.250. The summed E-state index contributed by atoms with van der Waals surface area (Å²) >= 11 is 2.78. The summed E-state index contributed by atoms with van der Waals surface area (Å²) in [7, 11) is 0. The van der Waals surface area contributed by atoms with Crippen LogP contribution in [0.15, 0.2) is 10.8 Å². The number of rotatable bonds is 3. The molecule has 16 heavy (non-hydrogen) atoms. The summed E-state index contributed by atoms with van der Waals surface area (Å²) in [6.07, 6.45) is -2.54. The number of pyridine rings is 1. The van der Waals surface area contributed by atoms with Crippen molar-refractivity contribution in [2.24, 2.45) is 0 Å². The maximum atomic E-state index is 12.7. The van der Waals surface area contributed by atoms with E-state index in [4.69, 9.17) is 5.26 Å². The second kappa shape index (κ2) is 4.94. The van der Waals surface area contributed by atoms with E-state index in [2.05, 4.69) is 20.9 Å². The summed E-state index contributed by atoms with van der Waals surface area (Å²) in [5.74, 6) is 0. The normalized spacial score (nSPS) is 10.2. The van der Waals surface area contributed by atoms with Crippen molar-refractivity contribution in [2.45, 2.75) is 12.8 Å². The molecule has 0 aliphatic heterocycles. The molecule has 0 fully saturated rings. The largest absolute Gasteiger partial charge is 0.292 e. The van der Waals surface area contributed by atoms with Crippen molar-refractivity contribution in [1.29, 1.82) is 5.26 Å². The first-order chi connectivity index (χ1) is 7.49. The minimum absolute atomic E-state index is 0.182. The SMILES string of the molecule is N#CCc1c([N+](=O)[O-])cnc(Br)c1C(F)F. The van der Waals surface area contributed by atoms with Gasteiger partial charge >= 0.3 is 0 Å². The van der Waals surface area contributed by atoms with E-state index in [0.29, 0.717) is 0 Å². The molecule has 0 unspecified atom stereocenters. The van der Waals surface area contributed by atoms with Gasteiger partial charge in [-0.3, -0.25) is 10.1 Å². The van der Waals surface area contributed by atoms with Gasteiger partial charge in [0.25, 0.3) is 12.1 Å². The van der Waals surface area contributed by atoms with Crippen LogP contribution in [0.3, 0.4) is 0 Å². The predicted molar refractivity (Wildman–Crippen MR) is 52.9 cm³/mol. The molecule has 5 nitrogen and oxygen atoms in total. The summed E-state index contributed by atoms with van der Waals surface area (Å²) in [5.41, 5.74) is -1.47. The summed E-state index contributed by atoms with van der Waals surface area (Å²) in [4.78, 5) is 13.2. The third-order valence-electron chi connectivity index (χ3n) is 1.83. The quantitative estimate of drug-likeness (QED) is 0.487. The third kappa shape index (κ3) is 2.30. The highest BCUT2D eigenvalue weighted by molar-refractivity contribution is 9.10. The molecule has 0 saturated heterocycles. The Morgan fingerprint density at radius 2 is 2.31 bits per heavy atom. The van der Waals surface area contributed by atoms with E-state index in [9.17, 15) is 18.9 Å². The van der Waals surface area contributed by atoms with Gasteiger partial charge in [0.2, 0.25) is 0 Å². The first-order valence-electron chi connectivity index (χ1n) is 3.95. The van der Waals surface area contributed by atoms with Crippen LogP contribution in [0.5, 0.6) is 0 Å². The highest BCUT2D eigenvalue weighted by Gasteiger charge is 2.26. The third-order valence-corrected chi connectivity index (χ3v) is 2.46. The maximum Gasteiger partial charge on any atom is 0.292 e. The van der Waals surface area contributed by atoms with E-state index in [0.717, 1.165) is 6.20 Å². The van der Waals surface area contributed by atoms with Crippen molar-refractivity contribution in [1.82, 2.24) is 4.98 Å². The van der Waals surface area contributed by atoms with Gasteiger partial charge in [0.05, 0.1) is 28.5 Å². The molecule has 0 spiro atoms. The lowest BCUT2D eigenvalue weighted by molar-refractivity contribution is -0.385. The molecule has 0 bridgehead atoms. The standard InChI is InChI=1S/C8H4BrF2N3O2/c9-7-6(8(10)11)4(1-2-12)5(3-13-7)14(15)16/h3,8H,1H2. The van der Waals surface area contributed by atoms with Gasteiger partial charge in [-0.1, -0.05) is 0 Å². The van der Waals surface area contributed by atoms with Crippen LogP contribution in [0.25, 0.3) is 0 Å². The number of aromatic nitrogens is 1. The smallest absolute Gasteiger partial charge is 0.258 e. The van der Waals surface area contributed by atoms with Crippen LogP contribution in [-0.2, 0) is 6.42 Å². The molecule has 0 saturated carbocycles. The first-order valence-corrected chi connectivity index (χ1v) is 4.75. The average molecular weight is 292 g/mol. The van der Waals surface area contributed by atoms with Gasteiger partial charge < -0.3 is 0 Å². The van der Waals surface area contributed by atoms with Crippen LogP contribution >= 0.6 is 15.9 Å². The lowest BCUT2D eigenvalue weighted by Gasteiger charge is -2.07.